The summed E-state index contributed by atoms with van der Waals surface area (Å²) in [4.78, 5) is 104. The summed E-state index contributed by atoms with van der Waals surface area (Å²) in [6, 6.07) is 31.5. The number of carbonyl (C=O) groups excluding carboxylic acids is 7. The van der Waals surface area contributed by atoms with Gasteiger partial charge in [0.05, 0.1) is 31.2 Å². The van der Waals surface area contributed by atoms with Crippen molar-refractivity contribution in [3.05, 3.63) is 143 Å². The van der Waals surface area contributed by atoms with E-state index >= 15 is 0 Å². The van der Waals surface area contributed by atoms with E-state index in [1.54, 1.807) is 83.4 Å². The van der Waals surface area contributed by atoms with Crippen molar-refractivity contribution < 1.29 is 43.0 Å². The number of hydrogen-bond donors (Lipinski definition) is 5. The second-order valence-corrected chi connectivity index (χ2v) is 22.4. The van der Waals surface area contributed by atoms with Crippen molar-refractivity contribution in [3.63, 3.8) is 0 Å². The van der Waals surface area contributed by atoms with Crippen LogP contribution in [0.3, 0.4) is 0 Å². The number of amides is 7. The maximum Gasteiger partial charge on any atom is 0.251 e. The van der Waals surface area contributed by atoms with Crippen LogP contribution in [0.2, 0.25) is 0 Å². The molecule has 6 atom stereocenters. The Balaban J connectivity index is 0.876. The summed E-state index contributed by atoms with van der Waals surface area (Å²) in [5, 5.41) is 11.7. The first-order valence-electron chi connectivity index (χ1n) is 29.3. The van der Waals surface area contributed by atoms with Crippen molar-refractivity contribution >= 4 is 41.4 Å². The molecule has 8 rings (SSSR count). The van der Waals surface area contributed by atoms with Gasteiger partial charge in [0.2, 0.25) is 29.5 Å². The molecule has 0 spiro atoms. The van der Waals surface area contributed by atoms with Gasteiger partial charge in [-0.05, 0) is 136 Å². The van der Waals surface area contributed by atoms with Crippen LogP contribution in [-0.2, 0) is 46.3 Å². The summed E-state index contributed by atoms with van der Waals surface area (Å²) in [5.74, 6) is -1.93. The third-order valence-corrected chi connectivity index (χ3v) is 17.0. The fraction of sp³-hybridized carbons (Fsp3) is 0.484. The Hall–Kier alpha value is -7.25. The van der Waals surface area contributed by atoms with Crippen LogP contribution in [-0.4, -0.2) is 164 Å². The van der Waals surface area contributed by atoms with Gasteiger partial charge >= 0.3 is 0 Å². The Morgan fingerprint density at radius 3 is 1.72 bits per heavy atom. The molecular formula is C64H83N9O9. The zero-order valence-corrected chi connectivity index (χ0v) is 48.1. The number of nitrogens with two attached hydrogens (primary N) is 1. The van der Waals surface area contributed by atoms with E-state index in [-0.39, 0.29) is 78.9 Å². The molecular weight excluding hydrogens is 1040 g/mol. The molecule has 438 valence electrons. The number of hydrogen-bond acceptors (Lipinski definition) is 11. The third kappa shape index (κ3) is 16.1. The zero-order chi connectivity index (χ0) is 58.1. The number of nitrogens with one attached hydrogen (secondary N) is 4. The molecule has 82 heavy (non-hydrogen) atoms. The number of allylic oxidation sites excluding steroid dienone is 1. The van der Waals surface area contributed by atoms with E-state index in [0.717, 1.165) is 53.6 Å². The molecule has 4 aromatic rings. The summed E-state index contributed by atoms with van der Waals surface area (Å²) in [6.07, 6.45) is 7.18. The van der Waals surface area contributed by atoms with E-state index in [4.69, 9.17) is 15.2 Å². The SMILES string of the molecule is CN[C@@H](C)C(=O)N[C@H](C(=O)N1CC[C@H](C)C1CN(CCc1ccccc1)C(=O)CNC(=O)c1ccc(-c2ccc(C(=O)NCC(=O)N(/C=C3\[C@@H](C)CCN3C(=O)[C@@H](N)C3CCOCC3)CCc3ccccc3)cc2)cc1)C1CCOCC1. The third-order valence-electron chi connectivity index (χ3n) is 17.0. The van der Waals surface area contributed by atoms with Gasteiger partial charge in [-0.15, -0.1) is 0 Å². The molecule has 6 N–H and O–H groups in total. The molecule has 4 fully saturated rings. The van der Waals surface area contributed by atoms with Gasteiger partial charge < -0.3 is 56.1 Å². The van der Waals surface area contributed by atoms with Crippen molar-refractivity contribution in [2.75, 3.05) is 79.3 Å². The largest absolute Gasteiger partial charge is 0.381 e. The Kier molecular flexibility index (Phi) is 22.0. The lowest BCUT2D eigenvalue weighted by atomic mass is 9.90. The standard InChI is InChI=1S/C64H83N9O9/c1-43-23-33-72(63(79)58(65)50-27-35-81-36-28-50)54(43)41-70(31-25-46-11-7-5-8-12-46)56(74)39-67-61(77)52-19-15-48(16-20-52)49-17-21-53(22-18-49)62(78)68-40-57(75)71(32-26-47-13-9-6-10-14-47)42-55-44(2)24-34-73(55)64(80)59(51-29-37-82-38-30-51)69-60(76)45(3)66-4/h5-22,41,43-45,50-51,55,58-59,66H,23-40,42,65H2,1-4H3,(H,67,77)(H,68,78)(H,69,76)/b54-41+/t43-,44-,45-,55?,58-,59-/m0/s1. The molecule has 18 heteroatoms. The van der Waals surface area contributed by atoms with Gasteiger partial charge in [0.15, 0.2) is 0 Å². The van der Waals surface area contributed by atoms with E-state index in [1.165, 1.54) is 0 Å². The number of rotatable bonds is 23. The van der Waals surface area contributed by atoms with Gasteiger partial charge in [-0.3, -0.25) is 33.6 Å². The quantitative estimate of drug-likeness (QED) is 0.0651. The lowest BCUT2D eigenvalue weighted by Gasteiger charge is -2.37. The molecule has 0 radical (unpaired) electrons. The van der Waals surface area contributed by atoms with E-state index in [9.17, 15) is 33.6 Å². The zero-order valence-electron chi connectivity index (χ0n) is 48.1. The van der Waals surface area contributed by atoms with Crippen LogP contribution in [0, 0.1) is 23.7 Å². The van der Waals surface area contributed by atoms with Crippen LogP contribution in [0.15, 0.2) is 121 Å². The number of ether oxygens (including phenoxy) is 2. The summed E-state index contributed by atoms with van der Waals surface area (Å²) < 4.78 is 11.1. The van der Waals surface area contributed by atoms with E-state index < -0.39 is 29.9 Å². The highest BCUT2D eigenvalue weighted by atomic mass is 16.5. The summed E-state index contributed by atoms with van der Waals surface area (Å²) >= 11 is 0. The molecule has 4 saturated heterocycles. The normalized spacial score (nSPS) is 20.2. The highest BCUT2D eigenvalue weighted by Gasteiger charge is 2.43. The fourth-order valence-corrected chi connectivity index (χ4v) is 11.5. The molecule has 18 nitrogen and oxygen atoms in total. The smallest absolute Gasteiger partial charge is 0.251 e. The van der Waals surface area contributed by atoms with Crippen molar-refractivity contribution in [3.8, 4) is 11.1 Å². The number of benzene rings is 4. The summed E-state index contributed by atoms with van der Waals surface area (Å²) in [6.45, 7) is 9.58. The van der Waals surface area contributed by atoms with Gasteiger partial charge in [0.1, 0.15) is 6.04 Å². The molecule has 0 bridgehead atoms. The molecule has 1 unspecified atom stereocenters. The molecule has 0 saturated carbocycles. The molecule has 4 aliphatic heterocycles. The molecule has 4 aromatic carbocycles. The molecule has 0 aromatic heterocycles. The highest BCUT2D eigenvalue weighted by molar-refractivity contribution is 5.98. The van der Waals surface area contributed by atoms with E-state index in [1.807, 2.05) is 72.5 Å². The van der Waals surface area contributed by atoms with Gasteiger partial charge in [-0.1, -0.05) is 98.8 Å². The Bertz CT molecular complexity index is 2820. The van der Waals surface area contributed by atoms with Crippen LogP contribution in [0.5, 0.6) is 0 Å². The molecule has 4 heterocycles. The Labute approximate surface area is 482 Å². The van der Waals surface area contributed by atoms with Crippen LogP contribution < -0.4 is 27.0 Å². The van der Waals surface area contributed by atoms with Crippen molar-refractivity contribution in [1.29, 1.82) is 0 Å². The minimum absolute atomic E-state index is 0.0189. The minimum Gasteiger partial charge on any atom is -0.381 e. The average Bonchev–Trinajstić information content (AvgIpc) is 4.31. The van der Waals surface area contributed by atoms with Gasteiger partial charge in [-0.2, -0.15) is 0 Å². The first-order chi connectivity index (χ1) is 39.7. The first-order valence-corrected chi connectivity index (χ1v) is 29.3. The maximum atomic E-state index is 14.6. The van der Waals surface area contributed by atoms with E-state index in [0.29, 0.717) is 89.4 Å². The van der Waals surface area contributed by atoms with Crippen LogP contribution in [0.25, 0.3) is 11.1 Å². The van der Waals surface area contributed by atoms with Gasteiger partial charge in [0.25, 0.3) is 11.8 Å². The monoisotopic (exact) mass is 1120 g/mol. The van der Waals surface area contributed by atoms with Crippen molar-refractivity contribution in [1.82, 2.24) is 40.9 Å². The average molecular weight is 1120 g/mol. The number of carbonyl (C=O) groups is 7. The van der Waals surface area contributed by atoms with Gasteiger partial charge in [0, 0.05) is 82.2 Å². The Morgan fingerprint density at radius 1 is 0.646 bits per heavy atom. The van der Waals surface area contributed by atoms with Crippen molar-refractivity contribution in [2.24, 2.45) is 29.4 Å². The van der Waals surface area contributed by atoms with Crippen LogP contribution in [0.1, 0.15) is 91.1 Å². The molecule has 7 amide bonds. The lowest BCUT2D eigenvalue weighted by molar-refractivity contribution is -0.142. The van der Waals surface area contributed by atoms with Crippen molar-refractivity contribution in [2.45, 2.75) is 96.3 Å². The van der Waals surface area contributed by atoms with E-state index in [2.05, 4.69) is 28.2 Å². The second-order valence-electron chi connectivity index (χ2n) is 22.4. The summed E-state index contributed by atoms with van der Waals surface area (Å²) in [7, 11) is 1.71. The van der Waals surface area contributed by atoms with Crippen LogP contribution >= 0.6 is 0 Å². The predicted molar refractivity (Wildman–Crippen MR) is 314 cm³/mol. The van der Waals surface area contributed by atoms with Crippen LogP contribution in [0.4, 0.5) is 0 Å². The summed E-state index contributed by atoms with van der Waals surface area (Å²) in [5.41, 5.74) is 11.7. The highest BCUT2D eigenvalue weighted by Crippen LogP contribution is 2.32. The topological polar surface area (TPSA) is 225 Å². The first kappa shape index (κ1) is 60.8. The van der Waals surface area contributed by atoms with Gasteiger partial charge in [-0.25, -0.2) is 0 Å². The molecule has 4 aliphatic rings. The predicted octanol–water partition coefficient (Wildman–Crippen LogP) is 5.18. The number of likely N-dealkylation sites (N-methyl/N-ethyl adjacent to an activating group) is 1. The number of likely N-dealkylation sites (tertiary alicyclic amines) is 2. The minimum atomic E-state index is -0.723. The fourth-order valence-electron chi connectivity index (χ4n) is 11.5. The lowest BCUT2D eigenvalue weighted by Crippen LogP contribution is -2.58. The second kappa shape index (κ2) is 29.6. The molecule has 0 aliphatic carbocycles. The maximum absolute atomic E-state index is 14.6. The number of nitrogens with zero attached hydrogens (tertiary/aromatic N) is 4. The Morgan fingerprint density at radius 2 is 1.17 bits per heavy atom.